The van der Waals surface area contributed by atoms with Crippen LogP contribution in [0.25, 0.3) is 11.3 Å². The van der Waals surface area contributed by atoms with Crippen molar-refractivity contribution in [2.75, 3.05) is 5.32 Å². The number of rotatable bonds is 7. The molecule has 0 unspecified atom stereocenters. The Labute approximate surface area is 172 Å². The summed E-state index contributed by atoms with van der Waals surface area (Å²) in [4.78, 5) is 26.6. The minimum atomic E-state index is -0.548. The fourth-order valence-corrected chi connectivity index (χ4v) is 2.97. The first-order valence-corrected chi connectivity index (χ1v) is 9.50. The Balaban J connectivity index is 1.58. The van der Waals surface area contributed by atoms with Crippen molar-refractivity contribution < 1.29 is 14.1 Å². The minimum Gasteiger partial charge on any atom is -0.441 e. The SMILES string of the molecule is CC(C)c1ccc(-c2cnc(CCC(=O)Nc3ccc([N+](=O)[O-])cc3Cl)o2)cc1. The molecule has 3 rings (SSSR count). The molecule has 0 bridgehead atoms. The lowest BCUT2D eigenvalue weighted by molar-refractivity contribution is -0.384. The van der Waals surface area contributed by atoms with E-state index in [4.69, 9.17) is 16.0 Å². The standard InChI is InChI=1S/C21H20ClN3O4/c1-13(2)14-3-5-15(6-4-14)19-12-23-21(29-19)10-9-20(26)24-18-8-7-16(25(27)28)11-17(18)22/h3-8,11-13H,9-10H2,1-2H3,(H,24,26). The van der Waals surface area contributed by atoms with E-state index in [9.17, 15) is 14.9 Å². The van der Waals surface area contributed by atoms with Gasteiger partial charge >= 0.3 is 0 Å². The van der Waals surface area contributed by atoms with Crippen LogP contribution in [-0.4, -0.2) is 15.8 Å². The molecule has 0 saturated carbocycles. The summed E-state index contributed by atoms with van der Waals surface area (Å²) in [6.07, 6.45) is 2.10. The van der Waals surface area contributed by atoms with Gasteiger partial charge in [-0.2, -0.15) is 0 Å². The summed E-state index contributed by atoms with van der Waals surface area (Å²) in [5.74, 6) is 1.27. The molecule has 0 radical (unpaired) electrons. The molecule has 29 heavy (non-hydrogen) atoms. The quantitative estimate of drug-likeness (QED) is 0.401. The van der Waals surface area contributed by atoms with E-state index in [2.05, 4.69) is 36.3 Å². The Morgan fingerprint density at radius 2 is 1.97 bits per heavy atom. The number of nitrogens with one attached hydrogen (secondary N) is 1. The van der Waals surface area contributed by atoms with Crippen LogP contribution < -0.4 is 5.32 Å². The number of aromatic nitrogens is 1. The number of hydrogen-bond donors (Lipinski definition) is 1. The zero-order valence-electron chi connectivity index (χ0n) is 16.0. The van der Waals surface area contributed by atoms with Crippen molar-refractivity contribution in [2.24, 2.45) is 0 Å². The third kappa shape index (κ3) is 5.20. The molecule has 3 aromatic rings. The summed E-state index contributed by atoms with van der Waals surface area (Å²) in [5.41, 5.74) is 2.35. The number of anilines is 1. The van der Waals surface area contributed by atoms with E-state index in [1.807, 2.05) is 12.1 Å². The smallest absolute Gasteiger partial charge is 0.271 e. The summed E-state index contributed by atoms with van der Waals surface area (Å²) in [7, 11) is 0. The van der Waals surface area contributed by atoms with Gasteiger partial charge in [-0.15, -0.1) is 0 Å². The second kappa shape index (κ2) is 8.87. The molecule has 7 nitrogen and oxygen atoms in total. The summed E-state index contributed by atoms with van der Waals surface area (Å²) in [6, 6.07) is 12.0. The van der Waals surface area contributed by atoms with Gasteiger partial charge in [0.25, 0.3) is 5.69 Å². The van der Waals surface area contributed by atoms with Gasteiger partial charge in [-0.25, -0.2) is 4.98 Å². The van der Waals surface area contributed by atoms with Gasteiger partial charge in [-0.3, -0.25) is 14.9 Å². The average molecular weight is 414 g/mol. The highest BCUT2D eigenvalue weighted by atomic mass is 35.5. The van der Waals surface area contributed by atoms with Crippen LogP contribution in [0.15, 0.2) is 53.1 Å². The zero-order chi connectivity index (χ0) is 21.0. The first-order valence-electron chi connectivity index (χ1n) is 9.12. The molecule has 0 aliphatic heterocycles. The van der Waals surface area contributed by atoms with E-state index in [0.717, 1.165) is 5.56 Å². The fraction of sp³-hybridized carbons (Fsp3) is 0.238. The molecule has 0 fully saturated rings. The number of carbonyl (C=O) groups is 1. The van der Waals surface area contributed by atoms with E-state index in [0.29, 0.717) is 29.7 Å². The number of amides is 1. The summed E-state index contributed by atoms with van der Waals surface area (Å²) in [5, 5.41) is 13.5. The van der Waals surface area contributed by atoms with Gasteiger partial charge < -0.3 is 9.73 Å². The second-order valence-corrected chi connectivity index (χ2v) is 7.27. The normalized spacial score (nSPS) is 10.9. The maximum Gasteiger partial charge on any atom is 0.271 e. The van der Waals surface area contributed by atoms with E-state index in [-0.39, 0.29) is 23.0 Å². The summed E-state index contributed by atoms with van der Waals surface area (Å²) in [6.45, 7) is 4.27. The maximum absolute atomic E-state index is 12.2. The van der Waals surface area contributed by atoms with Gasteiger partial charge in [0.1, 0.15) is 0 Å². The van der Waals surface area contributed by atoms with Gasteiger partial charge in [-0.05, 0) is 17.5 Å². The van der Waals surface area contributed by atoms with Crippen molar-refractivity contribution in [2.45, 2.75) is 32.6 Å². The van der Waals surface area contributed by atoms with Crippen molar-refractivity contribution in [1.82, 2.24) is 4.98 Å². The first kappa shape index (κ1) is 20.5. The van der Waals surface area contributed by atoms with E-state index >= 15 is 0 Å². The van der Waals surface area contributed by atoms with Crippen molar-refractivity contribution >= 4 is 28.9 Å². The van der Waals surface area contributed by atoms with Gasteiger partial charge in [0.15, 0.2) is 11.7 Å². The van der Waals surface area contributed by atoms with Crippen molar-refractivity contribution in [3.63, 3.8) is 0 Å². The Bertz CT molecular complexity index is 1030. The number of halogens is 1. The molecule has 150 valence electrons. The number of non-ortho nitro benzene ring substituents is 1. The van der Waals surface area contributed by atoms with E-state index in [1.54, 1.807) is 6.20 Å². The number of oxazole rings is 1. The van der Waals surface area contributed by atoms with Gasteiger partial charge in [0.05, 0.1) is 21.8 Å². The molecule has 8 heteroatoms. The number of carbonyl (C=O) groups excluding carboxylic acids is 1. The zero-order valence-corrected chi connectivity index (χ0v) is 16.8. The van der Waals surface area contributed by atoms with Crippen LogP contribution in [0.3, 0.4) is 0 Å². The van der Waals surface area contributed by atoms with Crippen LogP contribution in [0.2, 0.25) is 5.02 Å². The van der Waals surface area contributed by atoms with Crippen LogP contribution in [0.1, 0.15) is 37.6 Å². The molecule has 0 atom stereocenters. The van der Waals surface area contributed by atoms with E-state index < -0.39 is 4.92 Å². The topological polar surface area (TPSA) is 98.3 Å². The third-order valence-electron chi connectivity index (χ3n) is 4.42. The predicted octanol–water partition coefficient (Wildman–Crippen LogP) is 5.60. The number of hydrogen-bond acceptors (Lipinski definition) is 5. The predicted molar refractivity (Wildman–Crippen MR) is 111 cm³/mol. The Hall–Kier alpha value is -3.19. The van der Waals surface area contributed by atoms with Gasteiger partial charge in [0.2, 0.25) is 5.91 Å². The van der Waals surface area contributed by atoms with Crippen LogP contribution in [0, 0.1) is 10.1 Å². The lowest BCUT2D eigenvalue weighted by atomic mass is 10.0. The number of aryl methyl sites for hydroxylation is 1. The highest BCUT2D eigenvalue weighted by molar-refractivity contribution is 6.33. The van der Waals surface area contributed by atoms with Gasteiger partial charge in [-0.1, -0.05) is 49.7 Å². The molecule has 0 saturated heterocycles. The molecule has 2 aromatic carbocycles. The number of nitrogens with zero attached hydrogens (tertiary/aromatic N) is 2. The maximum atomic E-state index is 12.2. The molecule has 0 aliphatic rings. The molecule has 1 amide bonds. The molecular weight excluding hydrogens is 394 g/mol. The molecule has 1 heterocycles. The summed E-state index contributed by atoms with van der Waals surface area (Å²) >= 11 is 5.99. The average Bonchev–Trinajstić information content (AvgIpc) is 3.17. The molecule has 1 N–H and O–H groups in total. The number of nitro groups is 1. The van der Waals surface area contributed by atoms with Crippen molar-refractivity contribution in [3.8, 4) is 11.3 Å². The highest BCUT2D eigenvalue weighted by Crippen LogP contribution is 2.27. The Morgan fingerprint density at radius 1 is 1.24 bits per heavy atom. The van der Waals surface area contributed by atoms with Crippen molar-refractivity contribution in [3.05, 3.63) is 75.3 Å². The van der Waals surface area contributed by atoms with E-state index in [1.165, 1.54) is 23.8 Å². The van der Waals surface area contributed by atoms with Gasteiger partial charge in [0, 0.05) is 30.5 Å². The summed E-state index contributed by atoms with van der Waals surface area (Å²) < 4.78 is 5.74. The second-order valence-electron chi connectivity index (χ2n) is 6.86. The number of nitro benzene ring substituents is 1. The fourth-order valence-electron chi connectivity index (χ4n) is 2.74. The van der Waals surface area contributed by atoms with Crippen LogP contribution in [0.4, 0.5) is 11.4 Å². The van der Waals surface area contributed by atoms with Crippen LogP contribution in [-0.2, 0) is 11.2 Å². The molecule has 1 aromatic heterocycles. The van der Waals surface area contributed by atoms with Crippen molar-refractivity contribution in [1.29, 1.82) is 0 Å². The minimum absolute atomic E-state index is 0.107. The lowest BCUT2D eigenvalue weighted by Crippen LogP contribution is -2.12. The molecule has 0 aliphatic carbocycles. The monoisotopic (exact) mass is 413 g/mol. The highest BCUT2D eigenvalue weighted by Gasteiger charge is 2.13. The number of benzene rings is 2. The van der Waals surface area contributed by atoms with Crippen LogP contribution in [0.5, 0.6) is 0 Å². The van der Waals surface area contributed by atoms with Crippen LogP contribution >= 0.6 is 11.6 Å². The third-order valence-corrected chi connectivity index (χ3v) is 4.73. The first-order chi connectivity index (χ1) is 13.8. The Morgan fingerprint density at radius 3 is 2.59 bits per heavy atom. The Kier molecular flexibility index (Phi) is 6.29. The molecule has 0 spiro atoms. The largest absolute Gasteiger partial charge is 0.441 e. The lowest BCUT2D eigenvalue weighted by Gasteiger charge is -2.06. The molecular formula is C21H20ClN3O4.